The molecule has 1 amide bonds. The SMILES string of the molecule is COC(C(=O)NC1(C(F)F)CC1)c1nc(C)nc(N[C@H](C)c2cccc(C(F)(F)F)c2)c1C1OCCO1. The van der Waals surface area contributed by atoms with Crippen molar-refractivity contribution in [3.8, 4) is 0 Å². The number of carbonyl (C=O) groups is 1. The van der Waals surface area contributed by atoms with E-state index in [1.807, 2.05) is 0 Å². The van der Waals surface area contributed by atoms with Crippen molar-refractivity contribution >= 4 is 11.7 Å². The minimum Gasteiger partial charge on any atom is -0.365 e. The highest BCUT2D eigenvalue weighted by Crippen LogP contribution is 2.42. The highest BCUT2D eigenvalue weighted by atomic mass is 19.4. The molecule has 1 unspecified atom stereocenters. The molecule has 13 heteroatoms. The molecule has 0 spiro atoms. The maximum absolute atomic E-state index is 13.5. The van der Waals surface area contributed by atoms with Crippen LogP contribution in [0.1, 0.15) is 66.4 Å². The summed E-state index contributed by atoms with van der Waals surface area (Å²) in [6.07, 6.45) is -9.39. The topological polar surface area (TPSA) is 94.6 Å². The number of ether oxygens (including phenoxy) is 3. The lowest BCUT2D eigenvalue weighted by Crippen LogP contribution is -2.45. The van der Waals surface area contributed by atoms with Crippen molar-refractivity contribution < 1.29 is 41.0 Å². The number of halogens is 5. The molecule has 1 aliphatic heterocycles. The molecule has 37 heavy (non-hydrogen) atoms. The molecule has 0 radical (unpaired) electrons. The quantitative estimate of drug-likeness (QED) is 0.457. The summed E-state index contributed by atoms with van der Waals surface area (Å²) in [7, 11) is 1.24. The second-order valence-corrected chi connectivity index (χ2v) is 9.04. The third-order valence-corrected chi connectivity index (χ3v) is 6.31. The molecule has 2 aromatic rings. The van der Waals surface area contributed by atoms with Gasteiger partial charge in [0, 0.05) is 13.2 Å². The van der Waals surface area contributed by atoms with Gasteiger partial charge in [-0.15, -0.1) is 0 Å². The Kier molecular flexibility index (Phi) is 7.67. The summed E-state index contributed by atoms with van der Waals surface area (Å²) in [4.78, 5) is 21.8. The molecule has 1 aromatic heterocycles. The molecule has 1 saturated carbocycles. The maximum Gasteiger partial charge on any atom is 0.416 e. The van der Waals surface area contributed by atoms with Crippen LogP contribution in [0.3, 0.4) is 0 Å². The van der Waals surface area contributed by atoms with Crippen LogP contribution in [0.4, 0.5) is 27.8 Å². The molecule has 2 atom stereocenters. The van der Waals surface area contributed by atoms with Crippen LogP contribution in [0.5, 0.6) is 0 Å². The van der Waals surface area contributed by atoms with Crippen molar-refractivity contribution in [1.82, 2.24) is 15.3 Å². The van der Waals surface area contributed by atoms with Crippen molar-refractivity contribution in [2.75, 3.05) is 25.6 Å². The van der Waals surface area contributed by atoms with E-state index < -0.39 is 48.0 Å². The lowest BCUT2D eigenvalue weighted by atomic mass is 10.0. The monoisotopic (exact) mass is 530 g/mol. The van der Waals surface area contributed by atoms with Crippen molar-refractivity contribution in [3.63, 3.8) is 0 Å². The number of alkyl halides is 5. The number of nitrogens with one attached hydrogen (secondary N) is 2. The second-order valence-electron chi connectivity index (χ2n) is 9.04. The molecule has 2 fully saturated rings. The second kappa shape index (κ2) is 10.5. The van der Waals surface area contributed by atoms with Gasteiger partial charge in [-0.25, -0.2) is 18.7 Å². The minimum absolute atomic E-state index is 0.0446. The highest BCUT2D eigenvalue weighted by Gasteiger charge is 2.53. The van der Waals surface area contributed by atoms with Crippen molar-refractivity contribution in [3.05, 3.63) is 52.5 Å². The molecule has 1 aromatic carbocycles. The van der Waals surface area contributed by atoms with Gasteiger partial charge in [-0.3, -0.25) is 4.79 Å². The summed E-state index contributed by atoms with van der Waals surface area (Å²) in [5.74, 6) is -0.445. The number of amides is 1. The van der Waals surface area contributed by atoms with Crippen LogP contribution in [0.25, 0.3) is 0 Å². The summed E-state index contributed by atoms with van der Waals surface area (Å²) in [6.45, 7) is 3.67. The number of aromatic nitrogens is 2. The number of aryl methyl sites for hydroxylation is 1. The van der Waals surface area contributed by atoms with Crippen molar-refractivity contribution in [2.45, 2.75) is 63.3 Å². The van der Waals surface area contributed by atoms with E-state index in [-0.39, 0.29) is 49.0 Å². The minimum atomic E-state index is -4.51. The fourth-order valence-electron chi connectivity index (χ4n) is 4.13. The van der Waals surface area contributed by atoms with Gasteiger partial charge in [0.1, 0.15) is 17.2 Å². The molecule has 1 saturated heterocycles. The largest absolute Gasteiger partial charge is 0.416 e. The normalized spacial score (nSPS) is 19.1. The zero-order valence-corrected chi connectivity index (χ0v) is 20.4. The smallest absolute Gasteiger partial charge is 0.365 e. The van der Waals surface area contributed by atoms with Gasteiger partial charge in [0.15, 0.2) is 12.4 Å². The number of rotatable bonds is 9. The third kappa shape index (κ3) is 5.83. The molecule has 1 aliphatic carbocycles. The Morgan fingerprint density at radius 2 is 1.86 bits per heavy atom. The predicted molar refractivity (Wildman–Crippen MR) is 121 cm³/mol. The fraction of sp³-hybridized carbons (Fsp3) is 0.542. The molecule has 2 N–H and O–H groups in total. The van der Waals surface area contributed by atoms with Crippen molar-refractivity contribution in [2.24, 2.45) is 0 Å². The first-order valence-electron chi connectivity index (χ1n) is 11.6. The molecule has 0 bridgehead atoms. The van der Waals surface area contributed by atoms with E-state index in [1.165, 1.54) is 19.2 Å². The Balaban J connectivity index is 1.71. The average Bonchev–Trinajstić information content (AvgIpc) is 3.42. The summed E-state index contributed by atoms with van der Waals surface area (Å²) in [5, 5.41) is 5.45. The van der Waals surface area contributed by atoms with Crippen LogP contribution in [0, 0.1) is 6.92 Å². The first-order valence-corrected chi connectivity index (χ1v) is 11.6. The third-order valence-electron chi connectivity index (χ3n) is 6.31. The standard InChI is InChI=1S/C24H27F5N4O4/c1-12(14-5-4-6-15(11-14)24(27,28)29)30-19-16(21-36-9-10-37-21)17(31-13(2)32-19)18(35-3)20(34)33-23(7-8-23)22(25)26/h4-6,11-12,18,21-22H,7-10H2,1-3H3,(H,33,34)(H,30,31,32)/t12-,18?/m1/s1. The van der Waals surface area contributed by atoms with Gasteiger partial charge in [0.25, 0.3) is 12.3 Å². The number of hydrogen-bond acceptors (Lipinski definition) is 7. The van der Waals surface area contributed by atoms with Gasteiger partial charge in [0.2, 0.25) is 0 Å². The van der Waals surface area contributed by atoms with Gasteiger partial charge in [-0.05, 0) is 44.4 Å². The molecule has 2 heterocycles. The predicted octanol–water partition coefficient (Wildman–Crippen LogP) is 4.62. The number of carbonyl (C=O) groups excluding carboxylic acids is 1. The highest BCUT2D eigenvalue weighted by molar-refractivity contribution is 5.83. The van der Waals surface area contributed by atoms with E-state index in [2.05, 4.69) is 20.6 Å². The van der Waals surface area contributed by atoms with E-state index in [0.29, 0.717) is 5.56 Å². The Labute approximate surface area is 209 Å². The summed E-state index contributed by atoms with van der Waals surface area (Å²) in [6, 6.07) is 4.18. The van der Waals surface area contributed by atoms with Crippen LogP contribution >= 0.6 is 0 Å². The lowest BCUT2D eigenvalue weighted by Gasteiger charge is -2.26. The van der Waals surface area contributed by atoms with E-state index in [9.17, 15) is 26.7 Å². The molecule has 2 aliphatic rings. The Morgan fingerprint density at radius 1 is 1.19 bits per heavy atom. The van der Waals surface area contributed by atoms with Crippen LogP contribution in [0.15, 0.2) is 24.3 Å². The average molecular weight is 530 g/mol. The number of anilines is 1. The molecular weight excluding hydrogens is 503 g/mol. The Morgan fingerprint density at radius 3 is 2.43 bits per heavy atom. The summed E-state index contributed by atoms with van der Waals surface area (Å²) < 4.78 is 83.3. The molecular formula is C24H27F5N4O4. The zero-order chi connectivity index (χ0) is 27.0. The van der Waals surface area contributed by atoms with Crippen LogP contribution in [-0.2, 0) is 25.2 Å². The first kappa shape index (κ1) is 27.1. The Bertz CT molecular complexity index is 1140. The van der Waals surface area contributed by atoms with E-state index in [0.717, 1.165) is 12.1 Å². The number of nitrogens with zero attached hydrogens (tertiary/aromatic N) is 2. The van der Waals surface area contributed by atoms with Gasteiger partial charge < -0.3 is 24.8 Å². The fourth-order valence-corrected chi connectivity index (χ4v) is 4.13. The van der Waals surface area contributed by atoms with E-state index >= 15 is 0 Å². The number of hydrogen-bond donors (Lipinski definition) is 2. The summed E-state index contributed by atoms with van der Waals surface area (Å²) >= 11 is 0. The number of benzene rings is 1. The molecule has 4 rings (SSSR count). The molecule has 202 valence electrons. The summed E-state index contributed by atoms with van der Waals surface area (Å²) in [5.41, 5.74) is -1.82. The molecule has 8 nitrogen and oxygen atoms in total. The van der Waals surface area contributed by atoms with Crippen LogP contribution < -0.4 is 10.6 Å². The lowest BCUT2D eigenvalue weighted by molar-refractivity contribution is -0.137. The van der Waals surface area contributed by atoms with Crippen LogP contribution in [0.2, 0.25) is 0 Å². The van der Waals surface area contributed by atoms with Gasteiger partial charge in [-0.2, -0.15) is 13.2 Å². The zero-order valence-electron chi connectivity index (χ0n) is 20.4. The maximum atomic E-state index is 13.5. The van der Waals surface area contributed by atoms with Gasteiger partial charge in [0.05, 0.1) is 30.0 Å². The number of methoxy groups -OCH3 is 1. The first-order chi connectivity index (χ1) is 17.4. The van der Waals surface area contributed by atoms with E-state index in [4.69, 9.17) is 14.2 Å². The van der Waals surface area contributed by atoms with Crippen molar-refractivity contribution in [1.29, 1.82) is 0 Å². The van der Waals surface area contributed by atoms with Crippen LogP contribution in [-0.4, -0.2) is 48.2 Å². The van der Waals surface area contributed by atoms with Gasteiger partial charge >= 0.3 is 6.18 Å². The van der Waals surface area contributed by atoms with Gasteiger partial charge in [-0.1, -0.05) is 12.1 Å². The Hall–Kier alpha value is -2.90. The van der Waals surface area contributed by atoms with E-state index in [1.54, 1.807) is 13.8 Å².